The molecule has 3 unspecified atom stereocenters. The van der Waals surface area contributed by atoms with E-state index >= 15 is 0 Å². The van der Waals surface area contributed by atoms with Gasteiger partial charge >= 0.3 is 0 Å². The van der Waals surface area contributed by atoms with Gasteiger partial charge in [-0.3, -0.25) is 4.90 Å². The number of nitrogens with zero attached hydrogens (tertiary/aromatic N) is 1. The summed E-state index contributed by atoms with van der Waals surface area (Å²) in [5.41, 5.74) is 2.69. The van der Waals surface area contributed by atoms with Gasteiger partial charge in [0.1, 0.15) is 0 Å². The molecule has 0 aromatic heterocycles. The van der Waals surface area contributed by atoms with Crippen molar-refractivity contribution >= 4 is 11.6 Å². The summed E-state index contributed by atoms with van der Waals surface area (Å²) in [4.78, 5) is 2.81. The number of methoxy groups -OCH3 is 1. The van der Waals surface area contributed by atoms with Gasteiger partial charge in [-0.15, -0.1) is 0 Å². The van der Waals surface area contributed by atoms with Crippen LogP contribution >= 0.6 is 11.6 Å². The van der Waals surface area contributed by atoms with Crippen molar-refractivity contribution in [2.24, 2.45) is 10.8 Å². The van der Waals surface area contributed by atoms with E-state index in [2.05, 4.69) is 37.8 Å². The molecule has 132 valence electrons. The molecule has 1 spiro atoms. The van der Waals surface area contributed by atoms with Gasteiger partial charge < -0.3 is 4.74 Å². The molecule has 3 heteroatoms. The number of hydrogen-bond acceptors (Lipinski definition) is 2. The molecule has 1 aliphatic heterocycles. The monoisotopic (exact) mass is 347 g/mol. The molecule has 24 heavy (non-hydrogen) atoms. The number of likely N-dealkylation sites (tertiary alicyclic amines) is 1. The van der Waals surface area contributed by atoms with Crippen LogP contribution in [0.5, 0.6) is 0 Å². The maximum absolute atomic E-state index is 6.06. The van der Waals surface area contributed by atoms with Gasteiger partial charge in [-0.25, -0.2) is 0 Å². The van der Waals surface area contributed by atoms with Crippen molar-refractivity contribution in [3.05, 3.63) is 34.9 Å². The third kappa shape index (κ3) is 2.29. The lowest BCUT2D eigenvalue weighted by Crippen LogP contribution is -2.46. The zero-order chi connectivity index (χ0) is 17.2. The molecule has 1 aromatic rings. The van der Waals surface area contributed by atoms with Crippen molar-refractivity contribution in [1.29, 1.82) is 0 Å². The van der Waals surface area contributed by atoms with Crippen LogP contribution < -0.4 is 0 Å². The zero-order valence-electron chi connectivity index (χ0n) is 15.4. The van der Waals surface area contributed by atoms with Gasteiger partial charge in [0, 0.05) is 29.6 Å². The Balaban J connectivity index is 1.46. The highest BCUT2D eigenvalue weighted by Crippen LogP contribution is 2.90. The third-order valence-corrected chi connectivity index (χ3v) is 7.48. The van der Waals surface area contributed by atoms with E-state index in [9.17, 15) is 0 Å². The number of rotatable bonds is 6. The quantitative estimate of drug-likeness (QED) is 0.725. The fraction of sp³-hybridized carbons (Fsp3) is 0.714. The molecule has 3 aliphatic rings. The minimum Gasteiger partial charge on any atom is -0.384 e. The summed E-state index contributed by atoms with van der Waals surface area (Å²) >= 11 is 6.06. The molecule has 2 aliphatic carbocycles. The van der Waals surface area contributed by atoms with Gasteiger partial charge in [-0.05, 0) is 67.7 Å². The summed E-state index contributed by atoms with van der Waals surface area (Å²) in [7, 11) is 1.86. The van der Waals surface area contributed by atoms with Gasteiger partial charge in [0.2, 0.25) is 0 Å². The highest BCUT2D eigenvalue weighted by Gasteiger charge is 2.92. The lowest BCUT2D eigenvalue weighted by Gasteiger charge is -2.41. The molecule has 0 amide bonds. The molecule has 3 fully saturated rings. The molecule has 1 aromatic carbocycles. The predicted octanol–water partition coefficient (Wildman–Crippen LogP) is 4.90. The van der Waals surface area contributed by atoms with Crippen LogP contribution in [0.15, 0.2) is 24.3 Å². The summed E-state index contributed by atoms with van der Waals surface area (Å²) in [6, 6.07) is 9.81. The lowest BCUT2D eigenvalue weighted by molar-refractivity contribution is 0.0723. The average molecular weight is 348 g/mol. The molecule has 1 heterocycles. The Morgan fingerprint density at radius 3 is 2.71 bits per heavy atom. The van der Waals surface area contributed by atoms with Crippen molar-refractivity contribution in [3.8, 4) is 0 Å². The van der Waals surface area contributed by atoms with Crippen molar-refractivity contribution < 1.29 is 4.74 Å². The van der Waals surface area contributed by atoms with Crippen LogP contribution in [-0.4, -0.2) is 37.2 Å². The van der Waals surface area contributed by atoms with Crippen molar-refractivity contribution in [2.75, 3.05) is 20.3 Å². The number of fused-ring (bicyclic) bond motifs is 1. The van der Waals surface area contributed by atoms with E-state index in [4.69, 9.17) is 16.3 Å². The van der Waals surface area contributed by atoms with Crippen molar-refractivity contribution in [1.82, 2.24) is 4.90 Å². The second-order valence-electron chi connectivity index (χ2n) is 9.11. The van der Waals surface area contributed by atoms with E-state index in [-0.39, 0.29) is 5.41 Å². The van der Waals surface area contributed by atoms with Gasteiger partial charge in [0.15, 0.2) is 0 Å². The smallest absolute Gasteiger partial charge is 0.0540 e. The van der Waals surface area contributed by atoms with E-state index in [1.54, 1.807) is 0 Å². The summed E-state index contributed by atoms with van der Waals surface area (Å²) in [6.45, 7) is 9.38. The topological polar surface area (TPSA) is 12.5 Å². The van der Waals surface area contributed by atoms with Crippen LogP contribution in [0.3, 0.4) is 0 Å². The van der Waals surface area contributed by atoms with E-state index in [1.165, 1.54) is 37.8 Å². The molecule has 0 radical (unpaired) electrons. The largest absolute Gasteiger partial charge is 0.384 e. The summed E-state index contributed by atoms with van der Waals surface area (Å²) < 4.78 is 5.57. The maximum Gasteiger partial charge on any atom is 0.0540 e. The Morgan fingerprint density at radius 1 is 1.33 bits per heavy atom. The lowest BCUT2D eigenvalue weighted by atomic mass is 9.78. The minimum atomic E-state index is 0.169. The van der Waals surface area contributed by atoms with Gasteiger partial charge in [-0.1, -0.05) is 37.6 Å². The fourth-order valence-electron chi connectivity index (χ4n) is 5.99. The maximum atomic E-state index is 6.06. The normalized spacial score (nSPS) is 36.0. The summed E-state index contributed by atoms with van der Waals surface area (Å²) in [5, 5.41) is 0.820. The summed E-state index contributed by atoms with van der Waals surface area (Å²) in [5.74, 6) is 0. The van der Waals surface area contributed by atoms with Gasteiger partial charge in [0.25, 0.3) is 0 Å². The number of ether oxygens (including phenoxy) is 1. The van der Waals surface area contributed by atoms with E-state index in [1.807, 2.05) is 19.2 Å². The Hall–Kier alpha value is -0.570. The first kappa shape index (κ1) is 16.9. The van der Waals surface area contributed by atoms with Crippen LogP contribution in [0.1, 0.15) is 52.0 Å². The second-order valence-corrected chi connectivity index (χ2v) is 9.55. The van der Waals surface area contributed by atoms with Crippen LogP contribution in [0, 0.1) is 10.8 Å². The number of piperidine rings is 1. The first-order valence-corrected chi connectivity index (χ1v) is 9.75. The third-order valence-electron chi connectivity index (χ3n) is 7.23. The Labute approximate surface area is 151 Å². The Bertz CT molecular complexity index is 627. The predicted molar refractivity (Wildman–Crippen MR) is 99.6 cm³/mol. The molecule has 0 N–H and O–H groups in total. The Morgan fingerprint density at radius 2 is 2.04 bits per heavy atom. The number of halogens is 1. The molecule has 4 atom stereocenters. The minimum absolute atomic E-state index is 0.169. The molecule has 2 nitrogen and oxygen atoms in total. The van der Waals surface area contributed by atoms with E-state index in [0.717, 1.165) is 17.7 Å². The molecule has 2 saturated carbocycles. The first-order chi connectivity index (χ1) is 11.4. The van der Waals surface area contributed by atoms with Crippen LogP contribution in [-0.2, 0) is 10.2 Å². The van der Waals surface area contributed by atoms with Crippen LogP contribution in [0.25, 0.3) is 0 Å². The van der Waals surface area contributed by atoms with Crippen molar-refractivity contribution in [2.45, 2.75) is 64.0 Å². The molecule has 4 rings (SSSR count). The fourth-order valence-corrected chi connectivity index (χ4v) is 6.12. The highest BCUT2D eigenvalue weighted by molar-refractivity contribution is 6.30. The standard InChI is InChI=1S/C21H30ClNO/c1-15(12-19(2,3)16-6-8-17(22)9-7-16)23-11-5-10-20-13-21(20,14-24-4)18(20)23/h6-9,15,18H,5,10-14H2,1-4H3/t15?,18?,20?,21-/m0/s1. The average Bonchev–Trinajstić information content (AvgIpc) is 3.32. The number of hydrogen-bond donors (Lipinski definition) is 0. The van der Waals surface area contributed by atoms with E-state index in [0.29, 0.717) is 16.9 Å². The first-order valence-electron chi connectivity index (χ1n) is 9.37. The van der Waals surface area contributed by atoms with Crippen molar-refractivity contribution in [3.63, 3.8) is 0 Å². The SMILES string of the molecule is COC[C@]12CC13CCCN(C(C)CC(C)(C)c1ccc(Cl)cc1)C32. The van der Waals surface area contributed by atoms with Gasteiger partial charge in [-0.2, -0.15) is 0 Å². The number of benzene rings is 1. The Kier molecular flexibility index (Phi) is 3.84. The van der Waals surface area contributed by atoms with Gasteiger partial charge in [0.05, 0.1) is 6.61 Å². The molecule has 1 saturated heterocycles. The molecule has 0 bridgehead atoms. The molecular formula is C21H30ClNO. The summed E-state index contributed by atoms with van der Waals surface area (Å²) in [6.07, 6.45) is 5.37. The highest BCUT2D eigenvalue weighted by atomic mass is 35.5. The zero-order valence-corrected chi connectivity index (χ0v) is 16.2. The van der Waals surface area contributed by atoms with Crippen LogP contribution in [0.2, 0.25) is 5.02 Å². The second kappa shape index (κ2) is 5.46. The van der Waals surface area contributed by atoms with Crippen LogP contribution in [0.4, 0.5) is 0 Å². The molecular weight excluding hydrogens is 318 g/mol. The van der Waals surface area contributed by atoms with E-state index < -0.39 is 0 Å².